The summed E-state index contributed by atoms with van der Waals surface area (Å²) in [6, 6.07) is 10.7. The number of carbonyl (C=O) groups excluding carboxylic acids is 2. The molecule has 5 nitrogen and oxygen atoms in total. The SMILES string of the molecule is COC(=O)Cc1c(C)n(C(=O)c2c(Cl)cccc2I)c2ccc(OC)cc12. The van der Waals surface area contributed by atoms with Crippen LogP contribution in [-0.2, 0) is 16.0 Å². The number of benzene rings is 2. The van der Waals surface area contributed by atoms with E-state index in [1.165, 1.54) is 7.11 Å². The maximum atomic E-state index is 13.4. The third-order valence-corrected chi connectivity index (χ3v) is 5.68. The number of ether oxygens (including phenoxy) is 2. The van der Waals surface area contributed by atoms with Crippen molar-refractivity contribution in [2.45, 2.75) is 13.3 Å². The number of methoxy groups -OCH3 is 2. The molecule has 0 aliphatic rings. The summed E-state index contributed by atoms with van der Waals surface area (Å²) in [5.74, 6) is 0.0269. The second-order valence-electron chi connectivity index (χ2n) is 5.94. The number of hydrogen-bond donors (Lipinski definition) is 0. The van der Waals surface area contributed by atoms with Crippen molar-refractivity contribution >= 4 is 57.0 Å². The average Bonchev–Trinajstić information content (AvgIpc) is 2.92. The molecule has 27 heavy (non-hydrogen) atoms. The maximum absolute atomic E-state index is 13.4. The highest BCUT2D eigenvalue weighted by atomic mass is 127. The Balaban J connectivity index is 2.28. The number of nitrogens with zero attached hydrogens (tertiary/aromatic N) is 1. The van der Waals surface area contributed by atoms with Crippen molar-refractivity contribution in [3.8, 4) is 5.75 Å². The van der Waals surface area contributed by atoms with E-state index >= 15 is 0 Å². The Morgan fingerprint density at radius 1 is 1.19 bits per heavy atom. The first-order valence-electron chi connectivity index (χ1n) is 8.12. The van der Waals surface area contributed by atoms with E-state index in [-0.39, 0.29) is 18.3 Å². The molecule has 1 aromatic heterocycles. The molecule has 0 saturated carbocycles. The molecule has 3 aromatic rings. The minimum atomic E-state index is -0.375. The van der Waals surface area contributed by atoms with Gasteiger partial charge >= 0.3 is 5.97 Å². The lowest BCUT2D eigenvalue weighted by Crippen LogP contribution is -2.16. The smallest absolute Gasteiger partial charge is 0.310 e. The number of carbonyl (C=O) groups is 2. The summed E-state index contributed by atoms with van der Waals surface area (Å²) in [6.07, 6.45) is 0.0614. The summed E-state index contributed by atoms with van der Waals surface area (Å²) >= 11 is 8.40. The van der Waals surface area contributed by atoms with Crippen LogP contribution in [0, 0.1) is 10.5 Å². The van der Waals surface area contributed by atoms with Gasteiger partial charge in [0.15, 0.2) is 0 Å². The van der Waals surface area contributed by atoms with Gasteiger partial charge in [0, 0.05) is 14.7 Å². The molecule has 2 aromatic carbocycles. The van der Waals surface area contributed by atoms with E-state index in [1.54, 1.807) is 29.9 Å². The minimum absolute atomic E-state index is 0.0614. The van der Waals surface area contributed by atoms with Crippen LogP contribution in [0.25, 0.3) is 10.9 Å². The summed E-state index contributed by atoms with van der Waals surface area (Å²) < 4.78 is 12.5. The molecule has 0 aliphatic heterocycles. The van der Waals surface area contributed by atoms with Gasteiger partial charge in [-0.1, -0.05) is 17.7 Å². The van der Waals surface area contributed by atoms with Crippen molar-refractivity contribution in [3.63, 3.8) is 0 Å². The third kappa shape index (κ3) is 3.55. The third-order valence-electron chi connectivity index (χ3n) is 4.47. The Morgan fingerprint density at radius 3 is 2.56 bits per heavy atom. The van der Waals surface area contributed by atoms with E-state index in [4.69, 9.17) is 21.1 Å². The van der Waals surface area contributed by atoms with Gasteiger partial charge in [0.05, 0.1) is 36.7 Å². The quantitative estimate of drug-likeness (QED) is 0.390. The van der Waals surface area contributed by atoms with E-state index in [0.29, 0.717) is 27.5 Å². The molecule has 3 rings (SSSR count). The summed E-state index contributed by atoms with van der Waals surface area (Å²) in [7, 11) is 2.91. The Hall–Kier alpha value is -2.06. The molecule has 0 atom stereocenters. The zero-order valence-corrected chi connectivity index (χ0v) is 17.9. The molecule has 0 bridgehead atoms. The van der Waals surface area contributed by atoms with Gasteiger partial charge in [-0.25, -0.2) is 0 Å². The van der Waals surface area contributed by atoms with Crippen LogP contribution in [0.15, 0.2) is 36.4 Å². The highest BCUT2D eigenvalue weighted by molar-refractivity contribution is 14.1. The summed E-state index contributed by atoms with van der Waals surface area (Å²) in [5, 5.41) is 1.16. The predicted molar refractivity (Wildman–Crippen MR) is 113 cm³/mol. The number of rotatable bonds is 4. The van der Waals surface area contributed by atoms with Gasteiger partial charge in [0.1, 0.15) is 5.75 Å². The van der Waals surface area contributed by atoms with Crippen LogP contribution in [0.2, 0.25) is 5.02 Å². The first kappa shape index (κ1) is 19.7. The van der Waals surface area contributed by atoms with Crippen molar-refractivity contribution < 1.29 is 19.1 Å². The maximum Gasteiger partial charge on any atom is 0.310 e. The van der Waals surface area contributed by atoms with Crippen LogP contribution in [0.4, 0.5) is 0 Å². The lowest BCUT2D eigenvalue weighted by Gasteiger charge is -2.11. The predicted octanol–water partition coefficient (Wildman–Crippen LogP) is 4.62. The molecule has 7 heteroatoms. The van der Waals surface area contributed by atoms with Crippen LogP contribution >= 0.6 is 34.2 Å². The van der Waals surface area contributed by atoms with Crippen molar-refractivity contribution in [2.75, 3.05) is 14.2 Å². The van der Waals surface area contributed by atoms with Crippen LogP contribution in [-0.4, -0.2) is 30.7 Å². The van der Waals surface area contributed by atoms with Crippen molar-refractivity contribution in [2.24, 2.45) is 0 Å². The normalized spacial score (nSPS) is 10.9. The van der Waals surface area contributed by atoms with Gasteiger partial charge in [-0.15, -0.1) is 0 Å². The van der Waals surface area contributed by atoms with E-state index in [9.17, 15) is 9.59 Å². The molecule has 0 unspecified atom stereocenters. The van der Waals surface area contributed by atoms with E-state index in [2.05, 4.69) is 22.6 Å². The van der Waals surface area contributed by atoms with Crippen LogP contribution in [0.3, 0.4) is 0 Å². The summed E-state index contributed by atoms with van der Waals surface area (Å²) in [6.45, 7) is 1.81. The lowest BCUT2D eigenvalue weighted by atomic mass is 10.1. The lowest BCUT2D eigenvalue weighted by molar-refractivity contribution is -0.139. The molecule has 0 radical (unpaired) electrons. The fraction of sp³-hybridized carbons (Fsp3) is 0.200. The number of hydrogen-bond acceptors (Lipinski definition) is 4. The van der Waals surface area contributed by atoms with Gasteiger partial charge in [-0.05, 0) is 65.4 Å². The molecule has 0 amide bonds. The fourth-order valence-electron chi connectivity index (χ4n) is 3.10. The molecule has 1 heterocycles. The number of fused-ring (bicyclic) bond motifs is 1. The molecule has 0 spiro atoms. The molecule has 0 saturated heterocycles. The van der Waals surface area contributed by atoms with E-state index < -0.39 is 0 Å². The number of halogens is 2. The Morgan fingerprint density at radius 2 is 1.93 bits per heavy atom. The first-order valence-corrected chi connectivity index (χ1v) is 9.58. The van der Waals surface area contributed by atoms with Gasteiger partial charge in [-0.3, -0.25) is 14.2 Å². The van der Waals surface area contributed by atoms with E-state index in [0.717, 1.165) is 14.5 Å². The molecule has 0 aliphatic carbocycles. The number of aromatic nitrogens is 1. The second-order valence-corrected chi connectivity index (χ2v) is 7.51. The van der Waals surface area contributed by atoms with Crippen LogP contribution < -0.4 is 4.74 Å². The zero-order chi connectivity index (χ0) is 19.7. The summed E-state index contributed by atoms with van der Waals surface area (Å²) in [4.78, 5) is 25.3. The topological polar surface area (TPSA) is 57.5 Å². The monoisotopic (exact) mass is 497 g/mol. The molecular weight excluding hydrogens is 481 g/mol. The van der Waals surface area contributed by atoms with Crippen LogP contribution in [0.5, 0.6) is 5.75 Å². The van der Waals surface area contributed by atoms with Gasteiger partial charge < -0.3 is 9.47 Å². The molecule has 0 fully saturated rings. The Bertz CT molecular complexity index is 1040. The van der Waals surface area contributed by atoms with Gasteiger partial charge in [0.2, 0.25) is 0 Å². The van der Waals surface area contributed by atoms with Gasteiger partial charge in [0.25, 0.3) is 5.91 Å². The zero-order valence-electron chi connectivity index (χ0n) is 15.0. The fourth-order valence-corrected chi connectivity index (χ4v) is 4.25. The Labute approximate surface area is 175 Å². The van der Waals surface area contributed by atoms with E-state index in [1.807, 2.05) is 25.1 Å². The first-order chi connectivity index (χ1) is 12.9. The Kier molecular flexibility index (Phi) is 5.76. The van der Waals surface area contributed by atoms with Crippen molar-refractivity contribution in [3.05, 3.63) is 61.8 Å². The number of esters is 1. The standard InChI is InChI=1S/C20H17ClINO4/c1-11-13(10-18(24)27-3)14-9-12(26-2)7-8-17(14)23(11)20(25)19-15(21)5-4-6-16(19)22/h4-9H,10H2,1-3H3. The van der Waals surface area contributed by atoms with Gasteiger partial charge in [-0.2, -0.15) is 0 Å². The minimum Gasteiger partial charge on any atom is -0.497 e. The molecule has 140 valence electrons. The molecular formula is C20H17ClINO4. The second kappa shape index (κ2) is 7.90. The largest absolute Gasteiger partial charge is 0.497 e. The molecule has 0 N–H and O–H groups in total. The highest BCUT2D eigenvalue weighted by Gasteiger charge is 2.24. The summed E-state index contributed by atoms with van der Waals surface area (Å²) in [5.41, 5.74) is 2.52. The van der Waals surface area contributed by atoms with Crippen molar-refractivity contribution in [1.29, 1.82) is 0 Å². The average molecular weight is 498 g/mol. The highest BCUT2D eigenvalue weighted by Crippen LogP contribution is 2.32. The van der Waals surface area contributed by atoms with Crippen molar-refractivity contribution in [1.82, 2.24) is 4.57 Å². The van der Waals surface area contributed by atoms with Crippen LogP contribution in [0.1, 0.15) is 21.6 Å².